The number of carbonyl (C=O) groups excluding carboxylic acids is 1. The van der Waals surface area contributed by atoms with Gasteiger partial charge in [0, 0.05) is 18.8 Å². The van der Waals surface area contributed by atoms with Crippen molar-refractivity contribution in [2.75, 3.05) is 18.5 Å². The first-order valence-corrected chi connectivity index (χ1v) is 6.43. The van der Waals surface area contributed by atoms with E-state index in [0.29, 0.717) is 13.0 Å². The standard InChI is InChI=1S/C14H21N3O/c1-3-9(8-15)14(16)10-4-5-12-11(6-10)7-13(18)17(12)2/h4-6,9,14H,3,7-8,15-16H2,1-2H3. The zero-order valence-electron chi connectivity index (χ0n) is 11.0. The molecule has 2 atom stereocenters. The van der Waals surface area contributed by atoms with Crippen LogP contribution in [0.15, 0.2) is 18.2 Å². The fourth-order valence-corrected chi connectivity index (χ4v) is 2.54. The Balaban J connectivity index is 2.28. The first kappa shape index (κ1) is 13.1. The van der Waals surface area contributed by atoms with E-state index >= 15 is 0 Å². The van der Waals surface area contributed by atoms with E-state index in [-0.39, 0.29) is 17.9 Å². The van der Waals surface area contributed by atoms with Crippen LogP contribution in [0, 0.1) is 5.92 Å². The number of amides is 1. The molecule has 0 bridgehead atoms. The van der Waals surface area contributed by atoms with Gasteiger partial charge in [0.2, 0.25) is 5.91 Å². The second-order valence-electron chi connectivity index (χ2n) is 4.95. The zero-order chi connectivity index (χ0) is 13.3. The molecule has 4 heteroatoms. The van der Waals surface area contributed by atoms with Gasteiger partial charge < -0.3 is 16.4 Å². The fraction of sp³-hybridized carbons (Fsp3) is 0.500. The molecule has 0 saturated carbocycles. The molecule has 0 fully saturated rings. The van der Waals surface area contributed by atoms with Crippen molar-refractivity contribution in [3.8, 4) is 0 Å². The molecule has 2 unspecified atom stereocenters. The van der Waals surface area contributed by atoms with E-state index in [1.807, 2.05) is 19.2 Å². The summed E-state index contributed by atoms with van der Waals surface area (Å²) in [6, 6.07) is 6.00. The van der Waals surface area contributed by atoms with Gasteiger partial charge in [0.05, 0.1) is 6.42 Å². The van der Waals surface area contributed by atoms with E-state index in [0.717, 1.165) is 23.2 Å². The van der Waals surface area contributed by atoms with Crippen LogP contribution < -0.4 is 16.4 Å². The summed E-state index contributed by atoms with van der Waals surface area (Å²) in [7, 11) is 1.81. The molecule has 0 radical (unpaired) electrons. The summed E-state index contributed by atoms with van der Waals surface area (Å²) < 4.78 is 0. The molecule has 1 aromatic rings. The number of nitrogens with zero attached hydrogens (tertiary/aromatic N) is 1. The summed E-state index contributed by atoms with van der Waals surface area (Å²) in [5.74, 6) is 0.430. The predicted octanol–water partition coefficient (Wildman–Crippen LogP) is 1.19. The number of carbonyl (C=O) groups is 1. The topological polar surface area (TPSA) is 72.3 Å². The van der Waals surface area contributed by atoms with Crippen LogP contribution in [-0.4, -0.2) is 19.5 Å². The number of hydrogen-bond donors (Lipinski definition) is 2. The molecule has 1 heterocycles. The molecule has 2 rings (SSSR count). The van der Waals surface area contributed by atoms with E-state index in [1.54, 1.807) is 4.90 Å². The molecule has 1 aliphatic rings. The Morgan fingerprint density at radius 2 is 2.17 bits per heavy atom. The maximum atomic E-state index is 11.6. The van der Waals surface area contributed by atoms with Crippen LogP contribution in [0.25, 0.3) is 0 Å². The quantitative estimate of drug-likeness (QED) is 0.839. The van der Waals surface area contributed by atoms with Crippen molar-refractivity contribution in [2.45, 2.75) is 25.8 Å². The van der Waals surface area contributed by atoms with Crippen LogP contribution in [0.4, 0.5) is 5.69 Å². The number of benzene rings is 1. The lowest BCUT2D eigenvalue weighted by molar-refractivity contribution is -0.117. The first-order chi connectivity index (χ1) is 8.58. The molecule has 4 N–H and O–H groups in total. The lowest BCUT2D eigenvalue weighted by atomic mass is 9.90. The van der Waals surface area contributed by atoms with Gasteiger partial charge in [-0.25, -0.2) is 0 Å². The number of likely N-dealkylation sites (N-methyl/N-ethyl adjacent to an activating group) is 1. The maximum absolute atomic E-state index is 11.6. The lowest BCUT2D eigenvalue weighted by Gasteiger charge is -2.22. The SMILES string of the molecule is CCC(CN)C(N)c1ccc2c(c1)CC(=O)N2C. The Morgan fingerprint density at radius 3 is 2.78 bits per heavy atom. The van der Waals surface area contributed by atoms with Crippen LogP contribution >= 0.6 is 0 Å². The maximum Gasteiger partial charge on any atom is 0.231 e. The van der Waals surface area contributed by atoms with Crippen molar-refractivity contribution >= 4 is 11.6 Å². The van der Waals surface area contributed by atoms with Gasteiger partial charge in [-0.15, -0.1) is 0 Å². The molecule has 18 heavy (non-hydrogen) atoms. The van der Waals surface area contributed by atoms with Crippen molar-refractivity contribution in [3.63, 3.8) is 0 Å². The number of anilines is 1. The summed E-state index contributed by atoms with van der Waals surface area (Å²) >= 11 is 0. The first-order valence-electron chi connectivity index (χ1n) is 6.43. The summed E-state index contributed by atoms with van der Waals surface area (Å²) in [6.07, 6.45) is 1.44. The van der Waals surface area contributed by atoms with Crippen LogP contribution in [0.5, 0.6) is 0 Å². The third-order valence-electron chi connectivity index (χ3n) is 3.90. The monoisotopic (exact) mass is 247 g/mol. The molecule has 1 amide bonds. The van der Waals surface area contributed by atoms with E-state index in [1.165, 1.54) is 0 Å². The van der Waals surface area contributed by atoms with Crippen LogP contribution in [0.3, 0.4) is 0 Å². The highest BCUT2D eigenvalue weighted by Gasteiger charge is 2.25. The van der Waals surface area contributed by atoms with Gasteiger partial charge in [0.25, 0.3) is 0 Å². The molecule has 1 aromatic carbocycles. The molecule has 0 aromatic heterocycles. The highest BCUT2D eigenvalue weighted by atomic mass is 16.2. The normalized spacial score (nSPS) is 17.8. The van der Waals surface area contributed by atoms with Gasteiger partial charge in [-0.2, -0.15) is 0 Å². The average molecular weight is 247 g/mol. The summed E-state index contributed by atoms with van der Waals surface area (Å²) in [4.78, 5) is 13.3. The number of nitrogens with two attached hydrogens (primary N) is 2. The average Bonchev–Trinajstić information content (AvgIpc) is 2.66. The third-order valence-corrected chi connectivity index (χ3v) is 3.90. The Morgan fingerprint density at radius 1 is 1.44 bits per heavy atom. The van der Waals surface area contributed by atoms with Gasteiger partial charge in [0.1, 0.15) is 0 Å². The predicted molar refractivity (Wildman–Crippen MR) is 73.3 cm³/mol. The highest BCUT2D eigenvalue weighted by Crippen LogP contribution is 2.31. The summed E-state index contributed by atoms with van der Waals surface area (Å²) in [6.45, 7) is 2.69. The smallest absolute Gasteiger partial charge is 0.231 e. The van der Waals surface area contributed by atoms with Crippen LogP contribution in [0.1, 0.15) is 30.5 Å². The second kappa shape index (κ2) is 5.08. The van der Waals surface area contributed by atoms with E-state index in [9.17, 15) is 4.79 Å². The molecule has 4 nitrogen and oxygen atoms in total. The summed E-state index contributed by atoms with van der Waals surface area (Å²) in [5, 5.41) is 0. The van der Waals surface area contributed by atoms with Gasteiger partial charge >= 0.3 is 0 Å². The van der Waals surface area contributed by atoms with Crippen LogP contribution in [0.2, 0.25) is 0 Å². The third kappa shape index (κ3) is 2.13. The molecule has 1 aliphatic heterocycles. The molecule has 0 aliphatic carbocycles. The highest BCUT2D eigenvalue weighted by molar-refractivity contribution is 6.00. The van der Waals surface area contributed by atoms with Gasteiger partial charge in [-0.1, -0.05) is 25.5 Å². The minimum Gasteiger partial charge on any atom is -0.330 e. The minimum absolute atomic E-state index is 0.0497. The van der Waals surface area contributed by atoms with E-state index < -0.39 is 0 Å². The Bertz CT molecular complexity index is 454. The largest absolute Gasteiger partial charge is 0.330 e. The van der Waals surface area contributed by atoms with Crippen molar-refractivity contribution in [1.82, 2.24) is 0 Å². The molecule has 0 saturated heterocycles. The zero-order valence-corrected chi connectivity index (χ0v) is 11.0. The van der Waals surface area contributed by atoms with Crippen molar-refractivity contribution < 1.29 is 4.79 Å². The summed E-state index contributed by atoms with van der Waals surface area (Å²) in [5.41, 5.74) is 15.1. The number of rotatable bonds is 4. The van der Waals surface area contributed by atoms with Crippen molar-refractivity contribution in [1.29, 1.82) is 0 Å². The van der Waals surface area contributed by atoms with Crippen LogP contribution in [-0.2, 0) is 11.2 Å². The Labute approximate surface area is 108 Å². The van der Waals surface area contributed by atoms with Gasteiger partial charge in [-0.05, 0) is 29.7 Å². The van der Waals surface area contributed by atoms with Crippen molar-refractivity contribution in [2.24, 2.45) is 17.4 Å². The van der Waals surface area contributed by atoms with E-state index in [4.69, 9.17) is 11.5 Å². The molecular weight excluding hydrogens is 226 g/mol. The fourth-order valence-electron chi connectivity index (χ4n) is 2.54. The Kier molecular flexibility index (Phi) is 3.68. The van der Waals surface area contributed by atoms with Gasteiger partial charge in [-0.3, -0.25) is 4.79 Å². The minimum atomic E-state index is -0.0497. The number of fused-ring (bicyclic) bond motifs is 1. The second-order valence-corrected chi connectivity index (χ2v) is 4.95. The van der Waals surface area contributed by atoms with E-state index in [2.05, 4.69) is 13.0 Å². The molecular formula is C14H21N3O. The molecule has 98 valence electrons. The Hall–Kier alpha value is -1.39. The number of hydrogen-bond acceptors (Lipinski definition) is 3. The van der Waals surface area contributed by atoms with Gasteiger partial charge in [0.15, 0.2) is 0 Å². The van der Waals surface area contributed by atoms with Crippen molar-refractivity contribution in [3.05, 3.63) is 29.3 Å². The lowest BCUT2D eigenvalue weighted by Crippen LogP contribution is -2.27. The molecule has 0 spiro atoms.